The van der Waals surface area contributed by atoms with Gasteiger partial charge in [-0.2, -0.15) is 5.10 Å². The molecule has 1 heterocycles. The molecule has 0 atom stereocenters. The molecule has 0 unspecified atom stereocenters. The lowest BCUT2D eigenvalue weighted by molar-refractivity contribution is -0.384. The third-order valence-electron chi connectivity index (χ3n) is 3.23. The number of carbonyl (C=O) groups is 2. The van der Waals surface area contributed by atoms with Gasteiger partial charge < -0.3 is 4.74 Å². The number of non-ortho nitro benzene ring substituents is 1. The molecule has 1 aromatic carbocycles. The number of Topliss-reactive ketones (excluding diaryl/α,β-unsaturated/α-hetero) is 1. The maximum atomic E-state index is 12.1. The first-order valence-corrected chi connectivity index (χ1v) is 6.92. The fourth-order valence-corrected chi connectivity index (χ4v) is 2.10. The van der Waals surface area contributed by atoms with E-state index in [1.165, 1.54) is 35.1 Å². The van der Waals surface area contributed by atoms with E-state index in [1.807, 2.05) is 0 Å². The van der Waals surface area contributed by atoms with Crippen LogP contribution in [-0.4, -0.2) is 33.1 Å². The number of ketones is 1. The molecule has 0 saturated carbocycles. The van der Waals surface area contributed by atoms with Gasteiger partial charge in [0.1, 0.15) is 6.42 Å². The quantitative estimate of drug-likeness (QED) is 0.266. The van der Waals surface area contributed by atoms with Gasteiger partial charge in [-0.15, -0.1) is 0 Å². The van der Waals surface area contributed by atoms with Gasteiger partial charge in [-0.3, -0.25) is 19.7 Å². The van der Waals surface area contributed by atoms with Crippen LogP contribution in [0.2, 0.25) is 0 Å². The Balaban J connectivity index is 2.23. The molecule has 0 saturated heterocycles. The zero-order chi connectivity index (χ0) is 17.0. The van der Waals surface area contributed by atoms with Gasteiger partial charge in [-0.25, -0.2) is 4.68 Å². The number of hydrogen-bond donors (Lipinski definition) is 0. The molecule has 0 aliphatic rings. The van der Waals surface area contributed by atoms with Gasteiger partial charge in [0.25, 0.3) is 5.69 Å². The predicted octanol–water partition coefficient (Wildman–Crippen LogP) is 2.22. The van der Waals surface area contributed by atoms with Gasteiger partial charge >= 0.3 is 5.97 Å². The predicted molar refractivity (Wildman–Crippen MR) is 80.5 cm³/mol. The van der Waals surface area contributed by atoms with Gasteiger partial charge in [0, 0.05) is 12.1 Å². The molecule has 2 aromatic rings. The van der Waals surface area contributed by atoms with E-state index in [-0.39, 0.29) is 24.5 Å². The highest BCUT2D eigenvalue weighted by Gasteiger charge is 2.19. The largest absolute Gasteiger partial charge is 0.466 e. The Kier molecular flexibility index (Phi) is 4.85. The highest BCUT2D eigenvalue weighted by atomic mass is 16.6. The zero-order valence-electron chi connectivity index (χ0n) is 12.7. The fourth-order valence-electron chi connectivity index (χ4n) is 2.10. The van der Waals surface area contributed by atoms with E-state index >= 15 is 0 Å². The minimum Gasteiger partial charge on any atom is -0.466 e. The van der Waals surface area contributed by atoms with E-state index in [1.54, 1.807) is 13.8 Å². The van der Waals surface area contributed by atoms with E-state index in [9.17, 15) is 19.7 Å². The number of rotatable bonds is 6. The van der Waals surface area contributed by atoms with E-state index in [0.29, 0.717) is 16.9 Å². The van der Waals surface area contributed by atoms with Crippen LogP contribution < -0.4 is 0 Å². The number of carbonyl (C=O) groups excluding carboxylic acids is 2. The lowest BCUT2D eigenvalue weighted by Gasteiger charge is -2.05. The molecule has 0 fully saturated rings. The lowest BCUT2D eigenvalue weighted by Crippen LogP contribution is -2.12. The molecule has 120 valence electrons. The molecule has 0 N–H and O–H groups in total. The SMILES string of the molecule is CCOC(=O)CC(=O)c1cnn(-c2ccc([N+](=O)[O-])cc2)c1C. The number of nitrogens with zero attached hydrogens (tertiary/aromatic N) is 3. The molecule has 0 bridgehead atoms. The molecule has 0 spiro atoms. The summed E-state index contributed by atoms with van der Waals surface area (Å²) in [7, 11) is 0. The average Bonchev–Trinajstić information content (AvgIpc) is 2.89. The summed E-state index contributed by atoms with van der Waals surface area (Å²) in [5.41, 5.74) is 1.42. The second kappa shape index (κ2) is 6.82. The molecule has 8 heteroatoms. The van der Waals surface area contributed by atoms with Crippen molar-refractivity contribution in [3.63, 3.8) is 0 Å². The van der Waals surface area contributed by atoms with Crippen molar-refractivity contribution < 1.29 is 19.2 Å². The van der Waals surface area contributed by atoms with Crippen molar-refractivity contribution in [2.24, 2.45) is 0 Å². The molecule has 0 amide bonds. The second-order valence-electron chi connectivity index (χ2n) is 4.73. The first-order chi connectivity index (χ1) is 10.9. The van der Waals surface area contributed by atoms with Crippen LogP contribution in [0, 0.1) is 17.0 Å². The molecule has 1 aromatic heterocycles. The minimum absolute atomic E-state index is 0.0304. The van der Waals surface area contributed by atoms with Gasteiger partial charge in [0.2, 0.25) is 0 Å². The summed E-state index contributed by atoms with van der Waals surface area (Å²) in [6.45, 7) is 3.57. The zero-order valence-corrected chi connectivity index (χ0v) is 12.7. The van der Waals surface area contributed by atoms with E-state index < -0.39 is 10.9 Å². The minimum atomic E-state index is -0.583. The Hall–Kier alpha value is -3.03. The first kappa shape index (κ1) is 16.3. The number of hydrogen-bond acceptors (Lipinski definition) is 6. The van der Waals surface area contributed by atoms with Crippen LogP contribution in [0.3, 0.4) is 0 Å². The number of esters is 1. The molecular formula is C15H15N3O5. The average molecular weight is 317 g/mol. The number of benzene rings is 1. The Labute approximate surface area is 131 Å². The maximum absolute atomic E-state index is 12.1. The number of nitro groups is 1. The number of ether oxygens (including phenoxy) is 1. The summed E-state index contributed by atoms with van der Waals surface area (Å²) in [5.74, 6) is -0.964. The van der Waals surface area contributed by atoms with Crippen LogP contribution in [0.4, 0.5) is 5.69 Å². The smallest absolute Gasteiger partial charge is 0.313 e. The van der Waals surface area contributed by atoms with Crippen LogP contribution in [0.25, 0.3) is 5.69 Å². The van der Waals surface area contributed by atoms with Gasteiger partial charge in [-0.1, -0.05) is 0 Å². The molecule has 0 aliphatic heterocycles. The summed E-state index contributed by atoms with van der Waals surface area (Å²) in [6.07, 6.45) is 1.03. The van der Waals surface area contributed by atoms with Gasteiger partial charge in [0.15, 0.2) is 5.78 Å². The molecule has 23 heavy (non-hydrogen) atoms. The summed E-state index contributed by atoms with van der Waals surface area (Å²) < 4.78 is 6.24. The summed E-state index contributed by atoms with van der Waals surface area (Å²) in [4.78, 5) is 33.6. The monoisotopic (exact) mass is 317 g/mol. The molecule has 2 rings (SSSR count). The lowest BCUT2D eigenvalue weighted by atomic mass is 10.1. The maximum Gasteiger partial charge on any atom is 0.313 e. The van der Waals surface area contributed by atoms with Crippen molar-refractivity contribution in [1.29, 1.82) is 0 Å². The molecule has 8 nitrogen and oxygen atoms in total. The summed E-state index contributed by atoms with van der Waals surface area (Å²) in [5, 5.41) is 14.8. The molecule has 0 aliphatic carbocycles. The van der Waals surface area contributed by atoms with Crippen LogP contribution in [0.5, 0.6) is 0 Å². The second-order valence-corrected chi connectivity index (χ2v) is 4.73. The van der Waals surface area contributed by atoms with Crippen molar-refractivity contribution in [1.82, 2.24) is 9.78 Å². The van der Waals surface area contributed by atoms with Crippen molar-refractivity contribution in [3.05, 3.63) is 51.8 Å². The van der Waals surface area contributed by atoms with Crippen molar-refractivity contribution in [3.8, 4) is 5.69 Å². The van der Waals surface area contributed by atoms with Crippen LogP contribution in [-0.2, 0) is 9.53 Å². The standard InChI is InChI=1S/C15H15N3O5/c1-3-23-15(20)8-14(19)13-9-16-17(10(13)2)11-4-6-12(7-5-11)18(21)22/h4-7,9H,3,8H2,1-2H3. The first-order valence-electron chi connectivity index (χ1n) is 6.92. The van der Waals surface area contributed by atoms with Crippen molar-refractivity contribution >= 4 is 17.4 Å². The Morgan fingerprint density at radius 3 is 2.52 bits per heavy atom. The van der Waals surface area contributed by atoms with Crippen LogP contribution in [0.1, 0.15) is 29.4 Å². The highest BCUT2D eigenvalue weighted by Crippen LogP contribution is 2.19. The Bertz CT molecular complexity index is 749. The summed E-state index contributed by atoms with van der Waals surface area (Å²) in [6, 6.07) is 5.79. The summed E-state index contributed by atoms with van der Waals surface area (Å²) >= 11 is 0. The van der Waals surface area contributed by atoms with Crippen molar-refractivity contribution in [2.75, 3.05) is 6.61 Å². The topological polar surface area (TPSA) is 104 Å². The van der Waals surface area contributed by atoms with Gasteiger partial charge in [-0.05, 0) is 26.0 Å². The third kappa shape index (κ3) is 3.60. The van der Waals surface area contributed by atoms with E-state index in [4.69, 9.17) is 4.74 Å². The highest BCUT2D eigenvalue weighted by molar-refractivity contribution is 6.06. The van der Waals surface area contributed by atoms with E-state index in [2.05, 4.69) is 5.10 Å². The third-order valence-corrected chi connectivity index (χ3v) is 3.23. The molecule has 0 radical (unpaired) electrons. The normalized spacial score (nSPS) is 10.3. The van der Waals surface area contributed by atoms with Gasteiger partial charge in [0.05, 0.1) is 34.7 Å². The Morgan fingerprint density at radius 2 is 1.96 bits per heavy atom. The molecular weight excluding hydrogens is 302 g/mol. The van der Waals surface area contributed by atoms with Crippen molar-refractivity contribution in [2.45, 2.75) is 20.3 Å². The van der Waals surface area contributed by atoms with Crippen LogP contribution >= 0.6 is 0 Å². The number of aromatic nitrogens is 2. The van der Waals surface area contributed by atoms with Crippen LogP contribution in [0.15, 0.2) is 30.5 Å². The fraction of sp³-hybridized carbons (Fsp3) is 0.267. The number of nitro benzene ring substituents is 1. The Morgan fingerprint density at radius 1 is 1.30 bits per heavy atom. The van der Waals surface area contributed by atoms with E-state index in [0.717, 1.165) is 0 Å².